The smallest absolute Gasteiger partial charge is 0.0701 e. The lowest BCUT2D eigenvalue weighted by Crippen LogP contribution is -2.44. The Kier molecular flexibility index (Phi) is 3.85. The van der Waals surface area contributed by atoms with Gasteiger partial charge in [0.1, 0.15) is 0 Å². The van der Waals surface area contributed by atoms with Crippen LogP contribution in [0.2, 0.25) is 0 Å². The van der Waals surface area contributed by atoms with Crippen LogP contribution in [0.5, 0.6) is 0 Å². The van der Waals surface area contributed by atoms with Crippen molar-refractivity contribution in [3.05, 3.63) is 20.8 Å². The predicted molar refractivity (Wildman–Crippen MR) is 76.5 cm³/mol. The lowest BCUT2D eigenvalue weighted by atomic mass is 9.99. The number of rotatable bonds is 3. The SMILES string of the molecule is Brc1ccc(CNC2CCN3CCCCC23)s1. The lowest BCUT2D eigenvalue weighted by molar-refractivity contribution is 0.180. The molecule has 94 valence electrons. The molecule has 2 aliphatic rings. The molecule has 2 nitrogen and oxygen atoms in total. The van der Waals surface area contributed by atoms with Crippen molar-refractivity contribution >= 4 is 27.3 Å². The predicted octanol–water partition coefficient (Wildman–Crippen LogP) is 3.23. The molecule has 0 aromatic carbocycles. The average Bonchev–Trinajstić information content (AvgIpc) is 2.93. The third kappa shape index (κ3) is 2.75. The standard InChI is InChI=1S/C13H19BrN2S/c14-13-5-4-10(17-13)9-15-11-6-8-16-7-2-1-3-12(11)16/h4-5,11-12,15H,1-3,6-9H2. The van der Waals surface area contributed by atoms with Crippen LogP contribution in [0.3, 0.4) is 0 Å². The minimum absolute atomic E-state index is 0.719. The van der Waals surface area contributed by atoms with E-state index in [0.29, 0.717) is 0 Å². The van der Waals surface area contributed by atoms with Gasteiger partial charge in [-0.05, 0) is 53.9 Å². The highest BCUT2D eigenvalue weighted by atomic mass is 79.9. The van der Waals surface area contributed by atoms with Crippen LogP contribution < -0.4 is 5.32 Å². The summed E-state index contributed by atoms with van der Waals surface area (Å²) in [5.41, 5.74) is 0. The molecule has 1 aromatic rings. The van der Waals surface area contributed by atoms with Crippen molar-refractivity contribution in [1.82, 2.24) is 10.2 Å². The van der Waals surface area contributed by atoms with E-state index in [1.54, 1.807) is 0 Å². The van der Waals surface area contributed by atoms with Crippen LogP contribution in [0, 0.1) is 0 Å². The number of hydrogen-bond donors (Lipinski definition) is 1. The van der Waals surface area contributed by atoms with E-state index < -0.39 is 0 Å². The zero-order valence-corrected chi connectivity index (χ0v) is 12.4. The van der Waals surface area contributed by atoms with Gasteiger partial charge in [0.05, 0.1) is 3.79 Å². The van der Waals surface area contributed by atoms with E-state index >= 15 is 0 Å². The maximum Gasteiger partial charge on any atom is 0.0701 e. The van der Waals surface area contributed by atoms with E-state index in [4.69, 9.17) is 0 Å². The average molecular weight is 315 g/mol. The van der Waals surface area contributed by atoms with Crippen LogP contribution in [-0.4, -0.2) is 30.1 Å². The first kappa shape index (κ1) is 12.2. The summed E-state index contributed by atoms with van der Waals surface area (Å²) in [6.45, 7) is 3.66. The van der Waals surface area contributed by atoms with Crippen molar-refractivity contribution in [2.75, 3.05) is 13.1 Å². The van der Waals surface area contributed by atoms with Gasteiger partial charge in [-0.25, -0.2) is 0 Å². The molecule has 4 heteroatoms. The Bertz CT molecular complexity index is 379. The first-order chi connectivity index (χ1) is 8.33. The Labute approximate surface area is 116 Å². The van der Waals surface area contributed by atoms with Gasteiger partial charge in [0.25, 0.3) is 0 Å². The highest BCUT2D eigenvalue weighted by Gasteiger charge is 2.34. The molecule has 0 spiro atoms. The van der Waals surface area contributed by atoms with Gasteiger partial charge < -0.3 is 5.32 Å². The minimum Gasteiger partial charge on any atom is -0.307 e. The molecule has 0 radical (unpaired) electrons. The molecule has 17 heavy (non-hydrogen) atoms. The molecule has 0 bridgehead atoms. The lowest BCUT2D eigenvalue weighted by Gasteiger charge is -2.32. The Balaban J connectivity index is 1.55. The van der Waals surface area contributed by atoms with Crippen molar-refractivity contribution in [3.8, 4) is 0 Å². The first-order valence-electron chi connectivity index (χ1n) is 6.54. The van der Waals surface area contributed by atoms with E-state index in [1.165, 1.54) is 47.4 Å². The minimum atomic E-state index is 0.719. The number of halogens is 1. The number of piperidine rings is 1. The summed E-state index contributed by atoms with van der Waals surface area (Å²) < 4.78 is 1.24. The summed E-state index contributed by atoms with van der Waals surface area (Å²) in [6, 6.07) is 5.89. The Morgan fingerprint density at radius 2 is 2.24 bits per heavy atom. The second kappa shape index (κ2) is 5.39. The van der Waals surface area contributed by atoms with Gasteiger partial charge >= 0.3 is 0 Å². The summed E-state index contributed by atoms with van der Waals surface area (Å²) in [6.07, 6.45) is 5.55. The molecule has 3 heterocycles. The fraction of sp³-hybridized carbons (Fsp3) is 0.692. The van der Waals surface area contributed by atoms with Crippen molar-refractivity contribution in [2.24, 2.45) is 0 Å². The van der Waals surface area contributed by atoms with Crippen LogP contribution in [0.25, 0.3) is 0 Å². The van der Waals surface area contributed by atoms with Gasteiger partial charge in [0.2, 0.25) is 0 Å². The molecule has 1 N–H and O–H groups in total. The summed E-state index contributed by atoms with van der Waals surface area (Å²) in [4.78, 5) is 4.12. The quantitative estimate of drug-likeness (QED) is 0.921. The van der Waals surface area contributed by atoms with Gasteiger partial charge in [0, 0.05) is 30.1 Å². The molecule has 2 atom stereocenters. The molecule has 0 saturated carbocycles. The highest BCUT2D eigenvalue weighted by molar-refractivity contribution is 9.11. The number of thiophene rings is 1. The summed E-state index contributed by atoms with van der Waals surface area (Å²) in [5, 5.41) is 3.76. The monoisotopic (exact) mass is 314 g/mol. The molecule has 2 saturated heterocycles. The molecular formula is C13H19BrN2S. The van der Waals surface area contributed by atoms with E-state index in [-0.39, 0.29) is 0 Å². The summed E-state index contributed by atoms with van der Waals surface area (Å²) >= 11 is 5.36. The molecule has 2 unspecified atom stereocenters. The fourth-order valence-corrected chi connectivity index (χ4v) is 4.60. The normalized spacial score (nSPS) is 29.5. The Hall–Kier alpha value is 0.1000. The Morgan fingerprint density at radius 1 is 1.29 bits per heavy atom. The molecule has 2 aliphatic heterocycles. The van der Waals surface area contributed by atoms with Crippen molar-refractivity contribution in [3.63, 3.8) is 0 Å². The van der Waals surface area contributed by atoms with Crippen LogP contribution in [0.4, 0.5) is 0 Å². The zero-order chi connectivity index (χ0) is 11.7. The van der Waals surface area contributed by atoms with E-state index in [2.05, 4.69) is 38.3 Å². The molecule has 0 amide bonds. The van der Waals surface area contributed by atoms with Gasteiger partial charge in [-0.1, -0.05) is 6.42 Å². The third-order valence-corrected chi connectivity index (χ3v) is 5.65. The van der Waals surface area contributed by atoms with Gasteiger partial charge in [-0.3, -0.25) is 4.90 Å². The number of nitrogens with one attached hydrogen (secondary N) is 1. The summed E-state index contributed by atoms with van der Waals surface area (Å²) in [5.74, 6) is 0. The molecule has 2 fully saturated rings. The number of hydrogen-bond acceptors (Lipinski definition) is 3. The van der Waals surface area contributed by atoms with Crippen molar-refractivity contribution in [2.45, 2.75) is 44.3 Å². The largest absolute Gasteiger partial charge is 0.307 e. The van der Waals surface area contributed by atoms with Crippen LogP contribution in [0.15, 0.2) is 15.9 Å². The van der Waals surface area contributed by atoms with Crippen molar-refractivity contribution < 1.29 is 0 Å². The maximum atomic E-state index is 3.76. The van der Waals surface area contributed by atoms with Crippen LogP contribution in [0.1, 0.15) is 30.6 Å². The molecule has 1 aromatic heterocycles. The highest BCUT2D eigenvalue weighted by Crippen LogP contribution is 2.28. The molecule has 3 rings (SSSR count). The van der Waals surface area contributed by atoms with E-state index in [0.717, 1.165) is 18.6 Å². The van der Waals surface area contributed by atoms with Crippen LogP contribution >= 0.6 is 27.3 Å². The van der Waals surface area contributed by atoms with Gasteiger partial charge in [-0.2, -0.15) is 0 Å². The van der Waals surface area contributed by atoms with Gasteiger partial charge in [-0.15, -0.1) is 11.3 Å². The zero-order valence-electron chi connectivity index (χ0n) is 9.99. The Morgan fingerprint density at radius 3 is 3.06 bits per heavy atom. The number of nitrogens with zero attached hydrogens (tertiary/aromatic N) is 1. The van der Waals surface area contributed by atoms with Crippen molar-refractivity contribution in [1.29, 1.82) is 0 Å². The fourth-order valence-electron chi connectivity index (χ4n) is 3.16. The van der Waals surface area contributed by atoms with E-state index in [9.17, 15) is 0 Å². The second-order valence-electron chi connectivity index (χ2n) is 5.08. The topological polar surface area (TPSA) is 15.3 Å². The second-order valence-corrected chi connectivity index (χ2v) is 7.63. The van der Waals surface area contributed by atoms with Crippen LogP contribution in [-0.2, 0) is 6.54 Å². The van der Waals surface area contributed by atoms with Gasteiger partial charge in [0.15, 0.2) is 0 Å². The molecular weight excluding hydrogens is 296 g/mol. The first-order valence-corrected chi connectivity index (χ1v) is 8.15. The number of fused-ring (bicyclic) bond motifs is 1. The maximum absolute atomic E-state index is 3.76. The molecule has 0 aliphatic carbocycles. The summed E-state index contributed by atoms with van der Waals surface area (Å²) in [7, 11) is 0. The van der Waals surface area contributed by atoms with E-state index in [1.807, 2.05) is 11.3 Å². The third-order valence-electron chi connectivity index (χ3n) is 4.02.